The summed E-state index contributed by atoms with van der Waals surface area (Å²) >= 11 is 0. The SMILES string of the molecule is Cc1ccc(CN2CCc3nc(N4CCN(c5ccccc5)CC4)ncc3C2)cc1C. The van der Waals surface area contributed by atoms with Gasteiger partial charge in [-0.15, -0.1) is 0 Å². The van der Waals surface area contributed by atoms with Crippen molar-refractivity contribution in [2.75, 3.05) is 42.5 Å². The number of para-hydroxylation sites is 1. The van der Waals surface area contributed by atoms with Crippen LogP contribution in [0.4, 0.5) is 11.6 Å². The molecule has 160 valence electrons. The lowest BCUT2D eigenvalue weighted by Gasteiger charge is -2.36. The number of benzene rings is 2. The quantitative estimate of drug-likeness (QED) is 0.647. The standard InChI is InChI=1S/C26H31N5/c1-20-8-9-22(16-21(20)2)18-29-11-10-25-23(19-29)17-27-26(28-25)31-14-12-30(13-15-31)24-6-4-3-5-7-24/h3-9,16-17H,10-15,18-19H2,1-2H3. The molecule has 2 aromatic carbocycles. The molecule has 5 rings (SSSR count). The molecule has 0 spiro atoms. The Morgan fingerprint density at radius 3 is 2.39 bits per heavy atom. The highest BCUT2D eigenvalue weighted by molar-refractivity contribution is 5.48. The van der Waals surface area contributed by atoms with Crippen molar-refractivity contribution in [1.82, 2.24) is 14.9 Å². The van der Waals surface area contributed by atoms with Crippen molar-refractivity contribution in [1.29, 1.82) is 0 Å². The van der Waals surface area contributed by atoms with E-state index in [2.05, 4.69) is 83.3 Å². The number of nitrogens with zero attached hydrogens (tertiary/aromatic N) is 5. The second-order valence-corrected chi connectivity index (χ2v) is 8.83. The van der Waals surface area contributed by atoms with Gasteiger partial charge >= 0.3 is 0 Å². The van der Waals surface area contributed by atoms with E-state index in [1.807, 2.05) is 0 Å². The minimum atomic E-state index is 0.897. The molecule has 0 aliphatic carbocycles. The van der Waals surface area contributed by atoms with E-state index < -0.39 is 0 Å². The highest BCUT2D eigenvalue weighted by Crippen LogP contribution is 2.23. The summed E-state index contributed by atoms with van der Waals surface area (Å²) < 4.78 is 0. The van der Waals surface area contributed by atoms with Crippen LogP contribution in [0.2, 0.25) is 0 Å². The summed E-state index contributed by atoms with van der Waals surface area (Å²) in [7, 11) is 0. The summed E-state index contributed by atoms with van der Waals surface area (Å²) in [5.41, 5.74) is 7.93. The number of hydrogen-bond acceptors (Lipinski definition) is 5. The van der Waals surface area contributed by atoms with Gasteiger partial charge in [-0.05, 0) is 42.7 Å². The van der Waals surface area contributed by atoms with Crippen molar-refractivity contribution in [2.24, 2.45) is 0 Å². The van der Waals surface area contributed by atoms with Crippen LogP contribution < -0.4 is 9.80 Å². The molecular formula is C26H31N5. The van der Waals surface area contributed by atoms with Crippen molar-refractivity contribution >= 4 is 11.6 Å². The molecule has 2 aliphatic heterocycles. The lowest BCUT2D eigenvalue weighted by molar-refractivity contribution is 0.243. The van der Waals surface area contributed by atoms with Gasteiger partial charge in [0, 0.05) is 69.7 Å². The fourth-order valence-corrected chi connectivity index (χ4v) is 4.61. The molecule has 0 radical (unpaired) electrons. The zero-order chi connectivity index (χ0) is 21.2. The van der Waals surface area contributed by atoms with Gasteiger partial charge in [-0.3, -0.25) is 4.90 Å². The van der Waals surface area contributed by atoms with Crippen LogP contribution in [-0.2, 0) is 19.5 Å². The van der Waals surface area contributed by atoms with E-state index >= 15 is 0 Å². The van der Waals surface area contributed by atoms with E-state index in [1.165, 1.54) is 33.6 Å². The van der Waals surface area contributed by atoms with Gasteiger partial charge in [0.2, 0.25) is 5.95 Å². The third kappa shape index (κ3) is 4.42. The Morgan fingerprint density at radius 1 is 0.839 bits per heavy atom. The van der Waals surface area contributed by atoms with Gasteiger partial charge in [0.25, 0.3) is 0 Å². The summed E-state index contributed by atoms with van der Waals surface area (Å²) in [6.07, 6.45) is 3.06. The Morgan fingerprint density at radius 2 is 1.61 bits per heavy atom. The molecule has 5 nitrogen and oxygen atoms in total. The maximum absolute atomic E-state index is 4.97. The summed E-state index contributed by atoms with van der Waals surface area (Å²) in [4.78, 5) is 17.0. The van der Waals surface area contributed by atoms with Gasteiger partial charge in [-0.25, -0.2) is 9.97 Å². The molecule has 0 amide bonds. The molecule has 0 unspecified atom stereocenters. The minimum absolute atomic E-state index is 0.897. The molecule has 0 atom stereocenters. The Hall–Kier alpha value is -2.92. The van der Waals surface area contributed by atoms with Crippen molar-refractivity contribution in [2.45, 2.75) is 33.4 Å². The smallest absolute Gasteiger partial charge is 0.225 e. The molecule has 0 saturated carbocycles. The highest BCUT2D eigenvalue weighted by atomic mass is 15.3. The van der Waals surface area contributed by atoms with Crippen LogP contribution in [0.1, 0.15) is 27.9 Å². The zero-order valence-electron chi connectivity index (χ0n) is 18.6. The van der Waals surface area contributed by atoms with Crippen molar-refractivity contribution < 1.29 is 0 Å². The average Bonchev–Trinajstić information content (AvgIpc) is 2.82. The number of piperazine rings is 1. The molecule has 1 aromatic heterocycles. The average molecular weight is 414 g/mol. The summed E-state index contributed by atoms with van der Waals surface area (Å²) in [5.74, 6) is 0.897. The Bertz CT molecular complexity index is 1040. The predicted molar refractivity (Wildman–Crippen MR) is 127 cm³/mol. The van der Waals surface area contributed by atoms with Gasteiger partial charge < -0.3 is 9.80 Å². The second kappa shape index (κ2) is 8.67. The number of aromatic nitrogens is 2. The minimum Gasteiger partial charge on any atom is -0.368 e. The Labute approximate surface area is 185 Å². The van der Waals surface area contributed by atoms with E-state index in [1.54, 1.807) is 0 Å². The van der Waals surface area contributed by atoms with Gasteiger partial charge in [-0.2, -0.15) is 0 Å². The van der Waals surface area contributed by atoms with E-state index in [0.29, 0.717) is 0 Å². The van der Waals surface area contributed by atoms with E-state index in [9.17, 15) is 0 Å². The molecule has 1 saturated heterocycles. The molecule has 31 heavy (non-hydrogen) atoms. The lowest BCUT2D eigenvalue weighted by atomic mass is 10.0. The monoisotopic (exact) mass is 413 g/mol. The van der Waals surface area contributed by atoms with Crippen LogP contribution in [0.15, 0.2) is 54.7 Å². The highest BCUT2D eigenvalue weighted by Gasteiger charge is 2.23. The summed E-state index contributed by atoms with van der Waals surface area (Å²) in [5, 5.41) is 0. The molecule has 3 aromatic rings. The number of fused-ring (bicyclic) bond motifs is 1. The molecule has 3 heterocycles. The van der Waals surface area contributed by atoms with Crippen LogP contribution in [-0.4, -0.2) is 47.6 Å². The molecule has 2 aliphatic rings. The first-order chi connectivity index (χ1) is 15.2. The third-order valence-electron chi connectivity index (χ3n) is 6.66. The fraction of sp³-hybridized carbons (Fsp3) is 0.385. The number of hydrogen-bond donors (Lipinski definition) is 0. The molecular weight excluding hydrogens is 382 g/mol. The molecule has 0 N–H and O–H groups in total. The molecule has 1 fully saturated rings. The van der Waals surface area contributed by atoms with Gasteiger partial charge in [0.15, 0.2) is 0 Å². The largest absolute Gasteiger partial charge is 0.368 e. The first-order valence-corrected chi connectivity index (χ1v) is 11.3. The van der Waals surface area contributed by atoms with Crippen LogP contribution in [0.5, 0.6) is 0 Å². The maximum Gasteiger partial charge on any atom is 0.225 e. The first-order valence-electron chi connectivity index (χ1n) is 11.3. The number of rotatable bonds is 4. The van der Waals surface area contributed by atoms with E-state index in [4.69, 9.17) is 9.97 Å². The van der Waals surface area contributed by atoms with Crippen molar-refractivity contribution in [3.8, 4) is 0 Å². The van der Waals surface area contributed by atoms with Gasteiger partial charge in [0.05, 0.1) is 5.69 Å². The van der Waals surface area contributed by atoms with Gasteiger partial charge in [-0.1, -0.05) is 36.4 Å². The third-order valence-corrected chi connectivity index (χ3v) is 6.66. The maximum atomic E-state index is 4.97. The Balaban J connectivity index is 1.21. The molecule has 0 bridgehead atoms. The van der Waals surface area contributed by atoms with E-state index in [0.717, 1.165) is 58.2 Å². The first kappa shape index (κ1) is 20.0. The summed E-state index contributed by atoms with van der Waals surface area (Å²) in [6, 6.07) is 17.5. The van der Waals surface area contributed by atoms with E-state index in [-0.39, 0.29) is 0 Å². The summed E-state index contributed by atoms with van der Waals surface area (Å²) in [6.45, 7) is 11.3. The van der Waals surface area contributed by atoms with Crippen molar-refractivity contribution in [3.05, 3.63) is 82.7 Å². The zero-order valence-corrected chi connectivity index (χ0v) is 18.6. The Kier molecular flexibility index (Phi) is 5.60. The van der Waals surface area contributed by atoms with Crippen LogP contribution in [0, 0.1) is 13.8 Å². The predicted octanol–water partition coefficient (Wildman–Crippen LogP) is 3.98. The van der Waals surface area contributed by atoms with Crippen molar-refractivity contribution in [3.63, 3.8) is 0 Å². The van der Waals surface area contributed by atoms with Crippen LogP contribution in [0.25, 0.3) is 0 Å². The lowest BCUT2D eigenvalue weighted by Crippen LogP contribution is -2.47. The normalized spacial score (nSPS) is 17.0. The number of anilines is 2. The van der Waals surface area contributed by atoms with Crippen LogP contribution in [0.3, 0.4) is 0 Å². The fourth-order valence-electron chi connectivity index (χ4n) is 4.61. The second-order valence-electron chi connectivity index (χ2n) is 8.83. The number of aryl methyl sites for hydroxylation is 2. The van der Waals surface area contributed by atoms with Gasteiger partial charge in [0.1, 0.15) is 0 Å². The van der Waals surface area contributed by atoms with Crippen LogP contribution >= 0.6 is 0 Å². The topological polar surface area (TPSA) is 35.5 Å². The molecule has 5 heteroatoms.